The van der Waals surface area contributed by atoms with E-state index in [4.69, 9.17) is 11.6 Å². The zero-order chi connectivity index (χ0) is 15.6. The van der Waals surface area contributed by atoms with E-state index in [-0.39, 0.29) is 22.0 Å². The first-order valence-electron chi connectivity index (χ1n) is 5.62. The van der Waals surface area contributed by atoms with Crippen LogP contribution in [0, 0.1) is 15.9 Å². The average molecular weight is 311 g/mol. The lowest BCUT2D eigenvalue weighted by Gasteiger charge is -2.07. The number of carbonyl (C=O) groups is 1. The number of hydrogen-bond donors (Lipinski definition) is 2. The van der Waals surface area contributed by atoms with Crippen LogP contribution in [-0.4, -0.2) is 15.9 Å². The Morgan fingerprint density at radius 3 is 2.57 bits per heavy atom. The van der Waals surface area contributed by atoms with Crippen LogP contribution < -0.4 is 5.32 Å². The summed E-state index contributed by atoms with van der Waals surface area (Å²) in [6.07, 6.45) is 0. The highest BCUT2D eigenvalue weighted by molar-refractivity contribution is 6.32. The predicted octanol–water partition coefficient (Wildman–Crippen LogP) is 3.35. The number of nitro benzene ring substituents is 1. The lowest BCUT2D eigenvalue weighted by atomic mass is 10.2. The number of carbonyl (C=O) groups excluding carboxylic acids is 1. The van der Waals surface area contributed by atoms with E-state index in [1.807, 2.05) is 0 Å². The van der Waals surface area contributed by atoms with Gasteiger partial charge >= 0.3 is 0 Å². The zero-order valence-corrected chi connectivity index (χ0v) is 11.1. The van der Waals surface area contributed by atoms with E-state index in [9.17, 15) is 24.4 Å². The topological polar surface area (TPSA) is 92.5 Å². The zero-order valence-electron chi connectivity index (χ0n) is 10.3. The van der Waals surface area contributed by atoms with Crippen LogP contribution >= 0.6 is 11.6 Å². The number of nitro groups is 1. The molecule has 0 spiro atoms. The predicted molar refractivity (Wildman–Crippen MR) is 74.1 cm³/mol. The van der Waals surface area contributed by atoms with Gasteiger partial charge in [0.25, 0.3) is 11.6 Å². The molecule has 0 saturated carbocycles. The Morgan fingerprint density at radius 1 is 1.29 bits per heavy atom. The molecule has 2 N–H and O–H groups in total. The van der Waals surface area contributed by atoms with Gasteiger partial charge in [-0.2, -0.15) is 0 Å². The molecule has 2 aromatic carbocycles. The van der Waals surface area contributed by atoms with E-state index in [0.29, 0.717) is 6.07 Å². The number of anilines is 1. The maximum absolute atomic E-state index is 13.6. The van der Waals surface area contributed by atoms with E-state index in [0.717, 1.165) is 18.2 Å². The van der Waals surface area contributed by atoms with Crippen LogP contribution in [0.15, 0.2) is 36.4 Å². The molecule has 21 heavy (non-hydrogen) atoms. The van der Waals surface area contributed by atoms with Crippen molar-refractivity contribution in [2.75, 3.05) is 5.32 Å². The molecule has 0 aliphatic rings. The molecule has 2 rings (SSSR count). The van der Waals surface area contributed by atoms with Crippen LogP contribution in [0.4, 0.5) is 15.8 Å². The van der Waals surface area contributed by atoms with Crippen LogP contribution in [0.3, 0.4) is 0 Å². The number of halogens is 2. The van der Waals surface area contributed by atoms with Crippen LogP contribution in [-0.2, 0) is 0 Å². The number of rotatable bonds is 3. The van der Waals surface area contributed by atoms with Gasteiger partial charge in [0.1, 0.15) is 5.75 Å². The normalized spacial score (nSPS) is 10.2. The minimum absolute atomic E-state index is 0.0645. The summed E-state index contributed by atoms with van der Waals surface area (Å²) in [4.78, 5) is 21.6. The second-order valence-corrected chi connectivity index (χ2v) is 4.45. The second-order valence-electron chi connectivity index (χ2n) is 4.04. The van der Waals surface area contributed by atoms with E-state index in [1.165, 1.54) is 12.1 Å². The molecule has 0 bridgehead atoms. The lowest BCUT2D eigenvalue weighted by molar-refractivity contribution is -0.385. The molecule has 0 aliphatic carbocycles. The minimum atomic E-state index is -0.935. The Kier molecular flexibility index (Phi) is 4.04. The maximum atomic E-state index is 13.6. The second kappa shape index (κ2) is 5.76. The van der Waals surface area contributed by atoms with Crippen LogP contribution in [0.1, 0.15) is 10.4 Å². The van der Waals surface area contributed by atoms with Gasteiger partial charge in [-0.1, -0.05) is 11.6 Å². The van der Waals surface area contributed by atoms with Crippen molar-refractivity contribution in [3.05, 3.63) is 62.9 Å². The van der Waals surface area contributed by atoms with E-state index in [1.54, 1.807) is 0 Å². The number of non-ortho nitro benzene ring substituents is 1. The molecule has 0 heterocycles. The molecular weight excluding hydrogens is 303 g/mol. The maximum Gasteiger partial charge on any atom is 0.272 e. The molecule has 0 fully saturated rings. The minimum Gasteiger partial charge on any atom is -0.506 e. The summed E-state index contributed by atoms with van der Waals surface area (Å²) in [6, 6.07) is 6.65. The first-order valence-corrected chi connectivity index (χ1v) is 6.00. The number of benzene rings is 2. The Labute approximate surface area is 122 Å². The van der Waals surface area contributed by atoms with Gasteiger partial charge in [0.15, 0.2) is 5.82 Å². The quantitative estimate of drug-likeness (QED) is 0.671. The van der Waals surface area contributed by atoms with Crippen molar-refractivity contribution < 1.29 is 19.2 Å². The molecule has 8 heteroatoms. The Balaban J connectivity index is 2.23. The van der Waals surface area contributed by atoms with E-state index < -0.39 is 22.3 Å². The Morgan fingerprint density at radius 2 is 2.00 bits per heavy atom. The van der Waals surface area contributed by atoms with Crippen LogP contribution in [0.2, 0.25) is 5.02 Å². The molecule has 108 valence electrons. The van der Waals surface area contributed by atoms with E-state index in [2.05, 4.69) is 5.32 Å². The van der Waals surface area contributed by atoms with Gasteiger partial charge in [0.2, 0.25) is 0 Å². The smallest absolute Gasteiger partial charge is 0.272 e. The molecular formula is C13H8ClFN2O4. The fourth-order valence-corrected chi connectivity index (χ4v) is 1.68. The molecule has 0 aliphatic heterocycles. The molecule has 6 nitrogen and oxygen atoms in total. The number of aromatic hydroxyl groups is 1. The summed E-state index contributed by atoms with van der Waals surface area (Å²) in [5, 5.41) is 22.2. The fourth-order valence-electron chi connectivity index (χ4n) is 1.57. The third-order valence-electron chi connectivity index (χ3n) is 2.62. The Bertz CT molecular complexity index is 736. The van der Waals surface area contributed by atoms with Crippen molar-refractivity contribution in [3.8, 4) is 5.75 Å². The lowest BCUT2D eigenvalue weighted by Crippen LogP contribution is -2.13. The molecule has 0 saturated heterocycles. The first kappa shape index (κ1) is 14.7. The number of phenolic OH excluding ortho intramolecular Hbond substituents is 1. The van der Waals surface area contributed by atoms with Gasteiger partial charge in [0.05, 0.1) is 21.7 Å². The van der Waals surface area contributed by atoms with Crippen molar-refractivity contribution in [2.45, 2.75) is 0 Å². The number of amides is 1. The van der Waals surface area contributed by atoms with Crippen molar-refractivity contribution in [2.24, 2.45) is 0 Å². The van der Waals surface area contributed by atoms with Crippen molar-refractivity contribution in [1.82, 2.24) is 0 Å². The van der Waals surface area contributed by atoms with Crippen LogP contribution in [0.25, 0.3) is 0 Å². The molecule has 2 aromatic rings. The summed E-state index contributed by atoms with van der Waals surface area (Å²) in [7, 11) is 0. The van der Waals surface area contributed by atoms with Gasteiger partial charge in [-0.25, -0.2) is 4.39 Å². The number of hydrogen-bond acceptors (Lipinski definition) is 4. The third kappa shape index (κ3) is 3.26. The molecule has 0 unspecified atom stereocenters. The van der Waals surface area contributed by atoms with Gasteiger partial charge in [-0.3, -0.25) is 14.9 Å². The summed E-state index contributed by atoms with van der Waals surface area (Å²) in [5.74, 6) is -1.90. The van der Waals surface area contributed by atoms with Gasteiger partial charge < -0.3 is 10.4 Å². The summed E-state index contributed by atoms with van der Waals surface area (Å²) in [6.45, 7) is 0. The van der Waals surface area contributed by atoms with Gasteiger partial charge in [0, 0.05) is 11.6 Å². The van der Waals surface area contributed by atoms with Crippen molar-refractivity contribution in [1.29, 1.82) is 0 Å². The highest BCUT2D eigenvalue weighted by atomic mass is 35.5. The molecule has 0 radical (unpaired) electrons. The van der Waals surface area contributed by atoms with Gasteiger partial charge in [-0.15, -0.1) is 0 Å². The standard InChI is InChI=1S/C13H8ClFN2O4/c14-9-3-1-7(5-12(9)18)13(19)16-11-4-2-8(17(20)21)6-10(11)15/h1-6,18H,(H,16,19). The largest absolute Gasteiger partial charge is 0.506 e. The summed E-state index contributed by atoms with van der Waals surface area (Å²) in [5.41, 5.74) is -0.565. The monoisotopic (exact) mass is 310 g/mol. The number of phenols is 1. The van der Waals surface area contributed by atoms with Crippen molar-refractivity contribution in [3.63, 3.8) is 0 Å². The van der Waals surface area contributed by atoms with Crippen LogP contribution in [0.5, 0.6) is 5.75 Å². The average Bonchev–Trinajstić information content (AvgIpc) is 2.43. The summed E-state index contributed by atoms with van der Waals surface area (Å²) >= 11 is 5.61. The molecule has 1 amide bonds. The first-order chi connectivity index (χ1) is 9.88. The Hall–Kier alpha value is -2.67. The van der Waals surface area contributed by atoms with Gasteiger partial charge in [-0.05, 0) is 24.3 Å². The molecule has 0 aromatic heterocycles. The van der Waals surface area contributed by atoms with E-state index >= 15 is 0 Å². The highest BCUT2D eigenvalue weighted by Gasteiger charge is 2.14. The third-order valence-corrected chi connectivity index (χ3v) is 2.94. The highest BCUT2D eigenvalue weighted by Crippen LogP contribution is 2.25. The number of nitrogens with one attached hydrogen (secondary N) is 1. The number of nitrogens with zero attached hydrogens (tertiary/aromatic N) is 1. The summed E-state index contributed by atoms with van der Waals surface area (Å²) < 4.78 is 13.6. The van der Waals surface area contributed by atoms with Crippen molar-refractivity contribution >= 4 is 28.9 Å². The SMILES string of the molecule is O=C(Nc1ccc([N+](=O)[O-])cc1F)c1ccc(Cl)c(O)c1. The molecule has 0 atom stereocenters. The fraction of sp³-hybridized carbons (Fsp3) is 0.